The molecule has 1 aromatic carbocycles. The van der Waals surface area contributed by atoms with E-state index in [0.29, 0.717) is 0 Å². The van der Waals surface area contributed by atoms with Gasteiger partial charge in [0.2, 0.25) is 0 Å². The lowest BCUT2D eigenvalue weighted by Gasteiger charge is -2.02. The fraction of sp³-hybridized carbons (Fsp3) is 0.0769. The van der Waals surface area contributed by atoms with Gasteiger partial charge in [-0.2, -0.15) is 0 Å². The Morgan fingerprint density at radius 1 is 1.00 bits per heavy atom. The Morgan fingerprint density at radius 3 is 2.59 bits per heavy atom. The number of nitrogens with zero attached hydrogens (tertiary/aromatic N) is 3. The molecular formula is C13H11N3O. The molecule has 0 saturated heterocycles. The monoisotopic (exact) mass is 225 g/mol. The van der Waals surface area contributed by atoms with Gasteiger partial charge >= 0.3 is 0 Å². The molecule has 2 aromatic heterocycles. The van der Waals surface area contributed by atoms with Crippen molar-refractivity contribution >= 4 is 5.65 Å². The van der Waals surface area contributed by atoms with E-state index in [9.17, 15) is 0 Å². The fourth-order valence-electron chi connectivity index (χ4n) is 1.78. The molecule has 0 N–H and O–H groups in total. The number of rotatable bonds is 2. The van der Waals surface area contributed by atoms with Gasteiger partial charge in [-0.25, -0.2) is 0 Å². The summed E-state index contributed by atoms with van der Waals surface area (Å²) in [5.74, 6) is 1.67. The molecule has 4 heteroatoms. The Balaban J connectivity index is 2.13. The first-order valence-corrected chi connectivity index (χ1v) is 5.33. The van der Waals surface area contributed by atoms with Gasteiger partial charge in [-0.15, -0.1) is 10.2 Å². The van der Waals surface area contributed by atoms with E-state index in [4.69, 9.17) is 4.74 Å². The van der Waals surface area contributed by atoms with Crippen molar-refractivity contribution in [1.82, 2.24) is 14.6 Å². The van der Waals surface area contributed by atoms with Crippen molar-refractivity contribution in [3.63, 3.8) is 0 Å². The van der Waals surface area contributed by atoms with Crippen LogP contribution in [-0.2, 0) is 0 Å². The van der Waals surface area contributed by atoms with Gasteiger partial charge in [0, 0.05) is 11.8 Å². The van der Waals surface area contributed by atoms with Crippen LogP contribution in [0.1, 0.15) is 0 Å². The summed E-state index contributed by atoms with van der Waals surface area (Å²) in [6.45, 7) is 0. The summed E-state index contributed by atoms with van der Waals surface area (Å²) >= 11 is 0. The lowest BCUT2D eigenvalue weighted by Crippen LogP contribution is -1.89. The molecule has 0 fully saturated rings. The van der Waals surface area contributed by atoms with Crippen molar-refractivity contribution in [3.05, 3.63) is 48.7 Å². The molecule has 0 bridgehead atoms. The minimum Gasteiger partial charge on any atom is -0.497 e. The minimum atomic E-state index is 0.836. The SMILES string of the molecule is COc1ccc(-c2nnc3ccccn23)cc1. The van der Waals surface area contributed by atoms with Crippen LogP contribution < -0.4 is 4.74 Å². The second kappa shape index (κ2) is 3.90. The van der Waals surface area contributed by atoms with Crippen molar-refractivity contribution in [2.75, 3.05) is 7.11 Å². The molecule has 3 aromatic rings. The number of ether oxygens (including phenoxy) is 1. The number of hydrogen-bond acceptors (Lipinski definition) is 3. The molecular weight excluding hydrogens is 214 g/mol. The Morgan fingerprint density at radius 2 is 1.82 bits per heavy atom. The molecule has 0 atom stereocenters. The van der Waals surface area contributed by atoms with Crippen LogP contribution in [0.4, 0.5) is 0 Å². The van der Waals surface area contributed by atoms with E-state index < -0.39 is 0 Å². The van der Waals surface area contributed by atoms with Crippen LogP contribution in [0.15, 0.2) is 48.7 Å². The molecule has 17 heavy (non-hydrogen) atoms. The first-order valence-electron chi connectivity index (χ1n) is 5.33. The molecule has 84 valence electrons. The average Bonchev–Trinajstić information content (AvgIpc) is 2.83. The predicted octanol–water partition coefficient (Wildman–Crippen LogP) is 2.40. The zero-order valence-corrected chi connectivity index (χ0v) is 9.37. The topological polar surface area (TPSA) is 39.4 Å². The van der Waals surface area contributed by atoms with E-state index in [1.807, 2.05) is 53.1 Å². The van der Waals surface area contributed by atoms with E-state index in [1.165, 1.54) is 0 Å². The Labute approximate surface area is 98.5 Å². The smallest absolute Gasteiger partial charge is 0.168 e. The largest absolute Gasteiger partial charge is 0.497 e. The lowest BCUT2D eigenvalue weighted by molar-refractivity contribution is 0.415. The normalized spacial score (nSPS) is 10.6. The molecule has 3 rings (SSSR count). The molecule has 4 nitrogen and oxygen atoms in total. The molecule has 0 aliphatic rings. The summed E-state index contributed by atoms with van der Waals surface area (Å²) in [6.07, 6.45) is 1.95. The van der Waals surface area contributed by atoms with Crippen LogP contribution in [0.2, 0.25) is 0 Å². The van der Waals surface area contributed by atoms with Gasteiger partial charge in [0.15, 0.2) is 11.5 Å². The van der Waals surface area contributed by atoms with E-state index >= 15 is 0 Å². The lowest BCUT2D eigenvalue weighted by atomic mass is 10.2. The Bertz CT molecular complexity index is 643. The number of benzene rings is 1. The first-order chi connectivity index (χ1) is 8.38. The number of hydrogen-bond donors (Lipinski definition) is 0. The van der Waals surface area contributed by atoms with Crippen LogP contribution in [0.3, 0.4) is 0 Å². The first kappa shape index (κ1) is 9.84. The van der Waals surface area contributed by atoms with Crippen molar-refractivity contribution in [3.8, 4) is 17.1 Å². The summed E-state index contributed by atoms with van der Waals surface area (Å²) in [6, 6.07) is 13.6. The third-order valence-corrected chi connectivity index (χ3v) is 2.66. The molecule has 0 saturated carbocycles. The summed E-state index contributed by atoms with van der Waals surface area (Å²) in [7, 11) is 1.65. The predicted molar refractivity (Wildman–Crippen MR) is 65.0 cm³/mol. The standard InChI is InChI=1S/C13H11N3O/c1-17-11-7-5-10(6-8-11)13-15-14-12-4-2-3-9-16(12)13/h2-9H,1H3. The molecule has 0 radical (unpaired) electrons. The van der Waals surface area contributed by atoms with Crippen molar-refractivity contribution < 1.29 is 4.74 Å². The Hall–Kier alpha value is -2.36. The molecule has 0 amide bonds. The summed E-state index contributed by atoms with van der Waals surface area (Å²) in [5.41, 5.74) is 1.86. The zero-order valence-electron chi connectivity index (χ0n) is 9.37. The second-order valence-corrected chi connectivity index (χ2v) is 3.68. The van der Waals surface area contributed by atoms with E-state index in [-0.39, 0.29) is 0 Å². The molecule has 0 unspecified atom stereocenters. The van der Waals surface area contributed by atoms with Gasteiger partial charge in [0.1, 0.15) is 5.75 Å². The summed E-state index contributed by atoms with van der Waals surface area (Å²) in [5, 5.41) is 8.31. The zero-order chi connectivity index (χ0) is 11.7. The fourth-order valence-corrected chi connectivity index (χ4v) is 1.78. The maximum atomic E-state index is 5.13. The number of fused-ring (bicyclic) bond motifs is 1. The van der Waals surface area contributed by atoms with Gasteiger partial charge in [0.25, 0.3) is 0 Å². The van der Waals surface area contributed by atoms with Crippen molar-refractivity contribution in [2.45, 2.75) is 0 Å². The van der Waals surface area contributed by atoms with Crippen LogP contribution in [-0.4, -0.2) is 21.7 Å². The average molecular weight is 225 g/mol. The van der Waals surface area contributed by atoms with Gasteiger partial charge in [0.05, 0.1) is 7.11 Å². The third kappa shape index (κ3) is 1.63. The molecule has 0 aliphatic carbocycles. The van der Waals surface area contributed by atoms with Crippen LogP contribution in [0, 0.1) is 0 Å². The number of aromatic nitrogens is 3. The molecule has 0 aliphatic heterocycles. The Kier molecular flexibility index (Phi) is 2.26. The van der Waals surface area contributed by atoms with Gasteiger partial charge in [-0.3, -0.25) is 4.40 Å². The van der Waals surface area contributed by atoms with Crippen molar-refractivity contribution in [2.24, 2.45) is 0 Å². The van der Waals surface area contributed by atoms with E-state index in [0.717, 1.165) is 22.8 Å². The second-order valence-electron chi connectivity index (χ2n) is 3.68. The van der Waals surface area contributed by atoms with Gasteiger partial charge in [-0.1, -0.05) is 6.07 Å². The summed E-state index contributed by atoms with van der Waals surface area (Å²) in [4.78, 5) is 0. The highest BCUT2D eigenvalue weighted by molar-refractivity contribution is 5.60. The highest BCUT2D eigenvalue weighted by Gasteiger charge is 2.06. The highest BCUT2D eigenvalue weighted by Crippen LogP contribution is 2.21. The van der Waals surface area contributed by atoms with Gasteiger partial charge < -0.3 is 4.74 Å². The highest BCUT2D eigenvalue weighted by atomic mass is 16.5. The summed E-state index contributed by atoms with van der Waals surface area (Å²) < 4.78 is 7.09. The molecule has 0 spiro atoms. The third-order valence-electron chi connectivity index (χ3n) is 2.66. The van der Waals surface area contributed by atoms with Crippen molar-refractivity contribution in [1.29, 1.82) is 0 Å². The maximum Gasteiger partial charge on any atom is 0.168 e. The van der Waals surface area contributed by atoms with Crippen LogP contribution in [0.5, 0.6) is 5.75 Å². The van der Waals surface area contributed by atoms with E-state index in [2.05, 4.69) is 10.2 Å². The number of pyridine rings is 1. The van der Waals surface area contributed by atoms with Crippen LogP contribution in [0.25, 0.3) is 17.0 Å². The quantitative estimate of drug-likeness (QED) is 0.672. The molecule has 2 heterocycles. The minimum absolute atomic E-state index is 0.836. The maximum absolute atomic E-state index is 5.13. The van der Waals surface area contributed by atoms with Gasteiger partial charge in [-0.05, 0) is 36.4 Å². The number of methoxy groups -OCH3 is 1. The van der Waals surface area contributed by atoms with Crippen LogP contribution >= 0.6 is 0 Å². The van der Waals surface area contributed by atoms with E-state index in [1.54, 1.807) is 7.11 Å².